The molecule has 2 heteroatoms. The van der Waals surface area contributed by atoms with Crippen molar-refractivity contribution in [3.8, 4) is 0 Å². The van der Waals surface area contributed by atoms with Gasteiger partial charge in [-0.2, -0.15) is 0 Å². The molecule has 0 saturated carbocycles. The molecule has 0 amide bonds. The van der Waals surface area contributed by atoms with E-state index in [0.717, 1.165) is 32.1 Å². The van der Waals surface area contributed by atoms with E-state index in [0.29, 0.717) is 0 Å². The zero-order valence-corrected chi connectivity index (χ0v) is 6.39. The van der Waals surface area contributed by atoms with Crippen LogP contribution in [0.1, 0.15) is 39.0 Å². The molecule has 2 saturated heterocycles. The maximum Gasteiger partial charge on any atom is 0.166 e. The van der Waals surface area contributed by atoms with E-state index in [1.54, 1.807) is 0 Å². The van der Waals surface area contributed by atoms with Crippen LogP contribution in [-0.4, -0.2) is 16.5 Å². The molecule has 0 aliphatic carbocycles. The van der Waals surface area contributed by atoms with Crippen molar-refractivity contribution in [2.24, 2.45) is 0 Å². The molecule has 2 aliphatic heterocycles. The fourth-order valence-corrected chi connectivity index (χ4v) is 2.11. The van der Waals surface area contributed by atoms with E-state index in [4.69, 9.17) is 4.74 Å². The third kappa shape index (κ3) is 0.867. The maximum atomic E-state index is 9.66. The minimum atomic E-state index is -0.743. The molecule has 1 N–H and O–H groups in total. The second kappa shape index (κ2) is 1.74. The Morgan fingerprint density at radius 2 is 2.00 bits per heavy atom. The highest BCUT2D eigenvalue weighted by molar-refractivity contribution is 4.93. The highest BCUT2D eigenvalue weighted by Gasteiger charge is 2.48. The number of ether oxygens (including phenoxy) is 1. The van der Waals surface area contributed by atoms with Crippen LogP contribution in [0.25, 0.3) is 0 Å². The molecule has 2 fully saturated rings. The van der Waals surface area contributed by atoms with Crippen LogP contribution in [0.3, 0.4) is 0 Å². The van der Waals surface area contributed by atoms with E-state index in [9.17, 15) is 5.11 Å². The van der Waals surface area contributed by atoms with Gasteiger partial charge in [-0.3, -0.25) is 0 Å². The number of aliphatic hydroxyl groups is 1. The number of rotatable bonds is 0. The topological polar surface area (TPSA) is 29.5 Å². The summed E-state index contributed by atoms with van der Waals surface area (Å²) in [6, 6.07) is 0. The minimum absolute atomic E-state index is 0.00694. The van der Waals surface area contributed by atoms with Gasteiger partial charge in [0.2, 0.25) is 0 Å². The third-order valence-corrected chi connectivity index (χ3v) is 2.75. The van der Waals surface area contributed by atoms with Crippen LogP contribution < -0.4 is 0 Å². The SMILES string of the molecule is C[C@@]12CCC[C@@](O)(CC1)O2. The lowest BCUT2D eigenvalue weighted by Crippen LogP contribution is -2.37. The summed E-state index contributed by atoms with van der Waals surface area (Å²) in [5.74, 6) is -0.743. The Morgan fingerprint density at radius 1 is 1.20 bits per heavy atom. The van der Waals surface area contributed by atoms with Crippen molar-refractivity contribution in [1.82, 2.24) is 0 Å². The van der Waals surface area contributed by atoms with Gasteiger partial charge in [-0.05, 0) is 26.2 Å². The molecule has 0 aromatic carbocycles. The van der Waals surface area contributed by atoms with Crippen molar-refractivity contribution in [2.75, 3.05) is 0 Å². The highest BCUT2D eigenvalue weighted by atomic mass is 16.6. The van der Waals surface area contributed by atoms with Crippen LogP contribution in [-0.2, 0) is 4.74 Å². The standard InChI is InChI=1S/C8H14O2/c1-7-3-2-4-8(9,10-7)6-5-7/h9H,2-6H2,1H3/t7-,8+/m1/s1. The molecule has 0 radical (unpaired) electrons. The van der Waals surface area contributed by atoms with Crippen molar-refractivity contribution in [3.05, 3.63) is 0 Å². The quantitative estimate of drug-likeness (QED) is 0.554. The summed E-state index contributed by atoms with van der Waals surface area (Å²) in [5.41, 5.74) is 0.00694. The van der Waals surface area contributed by atoms with E-state index in [2.05, 4.69) is 6.92 Å². The number of fused-ring (bicyclic) bond motifs is 2. The summed E-state index contributed by atoms with van der Waals surface area (Å²) in [6.45, 7) is 2.10. The van der Waals surface area contributed by atoms with Crippen molar-refractivity contribution in [1.29, 1.82) is 0 Å². The van der Waals surface area contributed by atoms with E-state index < -0.39 is 5.79 Å². The van der Waals surface area contributed by atoms with E-state index in [1.165, 1.54) is 0 Å². The van der Waals surface area contributed by atoms with Gasteiger partial charge in [0.1, 0.15) is 0 Å². The molecule has 2 bridgehead atoms. The molecule has 0 spiro atoms. The Bertz CT molecular complexity index is 141. The molecule has 2 atom stereocenters. The van der Waals surface area contributed by atoms with Crippen molar-refractivity contribution in [2.45, 2.75) is 50.4 Å². The predicted octanol–water partition coefficient (Wildman–Crippen LogP) is 1.43. The second-order valence-electron chi connectivity index (χ2n) is 3.85. The normalized spacial score (nSPS) is 53.4. The largest absolute Gasteiger partial charge is 0.365 e. The van der Waals surface area contributed by atoms with Crippen LogP contribution in [0, 0.1) is 0 Å². The van der Waals surface area contributed by atoms with Gasteiger partial charge in [0.15, 0.2) is 5.79 Å². The first kappa shape index (κ1) is 6.62. The van der Waals surface area contributed by atoms with Gasteiger partial charge in [0, 0.05) is 12.8 Å². The fraction of sp³-hybridized carbons (Fsp3) is 1.00. The molecule has 2 aliphatic rings. The summed E-state index contributed by atoms with van der Waals surface area (Å²) < 4.78 is 5.53. The van der Waals surface area contributed by atoms with Gasteiger partial charge in [-0.25, -0.2) is 0 Å². The Balaban J connectivity index is 2.20. The Morgan fingerprint density at radius 3 is 2.60 bits per heavy atom. The van der Waals surface area contributed by atoms with Crippen molar-refractivity contribution in [3.63, 3.8) is 0 Å². The molecule has 2 rings (SSSR count). The lowest BCUT2D eigenvalue weighted by molar-refractivity contribution is -0.243. The van der Waals surface area contributed by atoms with Gasteiger partial charge in [0.25, 0.3) is 0 Å². The molecule has 2 heterocycles. The molecule has 0 unspecified atom stereocenters. The van der Waals surface area contributed by atoms with Crippen LogP contribution in [0.2, 0.25) is 0 Å². The third-order valence-electron chi connectivity index (χ3n) is 2.75. The number of hydrogen-bond acceptors (Lipinski definition) is 2. The van der Waals surface area contributed by atoms with Crippen molar-refractivity contribution < 1.29 is 9.84 Å². The average molecular weight is 142 g/mol. The fourth-order valence-electron chi connectivity index (χ4n) is 2.11. The molecule has 2 nitrogen and oxygen atoms in total. The van der Waals surface area contributed by atoms with Gasteiger partial charge >= 0.3 is 0 Å². The van der Waals surface area contributed by atoms with Crippen molar-refractivity contribution >= 4 is 0 Å². The van der Waals surface area contributed by atoms with Crippen LogP contribution in [0.4, 0.5) is 0 Å². The summed E-state index contributed by atoms with van der Waals surface area (Å²) in [5, 5.41) is 9.66. The van der Waals surface area contributed by atoms with Gasteiger partial charge in [-0.1, -0.05) is 0 Å². The predicted molar refractivity (Wildman–Crippen MR) is 37.5 cm³/mol. The first-order chi connectivity index (χ1) is 4.62. The molecular formula is C8H14O2. The Hall–Kier alpha value is -0.0800. The van der Waals surface area contributed by atoms with Crippen LogP contribution in [0.15, 0.2) is 0 Å². The smallest absolute Gasteiger partial charge is 0.166 e. The minimum Gasteiger partial charge on any atom is -0.365 e. The highest BCUT2D eigenvalue weighted by Crippen LogP contribution is 2.46. The zero-order valence-electron chi connectivity index (χ0n) is 6.39. The van der Waals surface area contributed by atoms with Crippen LogP contribution >= 0.6 is 0 Å². The summed E-state index contributed by atoms with van der Waals surface area (Å²) in [7, 11) is 0. The summed E-state index contributed by atoms with van der Waals surface area (Å²) in [4.78, 5) is 0. The summed E-state index contributed by atoms with van der Waals surface area (Å²) in [6.07, 6.45) is 4.94. The average Bonchev–Trinajstić information content (AvgIpc) is 2.03. The lowest BCUT2D eigenvalue weighted by Gasteiger charge is -2.34. The number of hydrogen-bond donors (Lipinski definition) is 1. The lowest BCUT2D eigenvalue weighted by atomic mass is 9.97. The van der Waals surface area contributed by atoms with Gasteiger partial charge in [0.05, 0.1) is 5.60 Å². The monoisotopic (exact) mass is 142 g/mol. The Labute approximate surface area is 61.2 Å². The first-order valence-corrected chi connectivity index (χ1v) is 4.05. The first-order valence-electron chi connectivity index (χ1n) is 4.05. The van der Waals surface area contributed by atoms with E-state index in [1.807, 2.05) is 0 Å². The Kier molecular flexibility index (Phi) is 1.15. The van der Waals surface area contributed by atoms with E-state index in [-0.39, 0.29) is 5.60 Å². The van der Waals surface area contributed by atoms with Crippen LogP contribution in [0.5, 0.6) is 0 Å². The zero-order chi connectivity index (χ0) is 7.24. The van der Waals surface area contributed by atoms with E-state index >= 15 is 0 Å². The summed E-state index contributed by atoms with van der Waals surface area (Å²) >= 11 is 0. The molecule has 0 aromatic rings. The molecular weight excluding hydrogens is 128 g/mol. The molecule has 58 valence electrons. The second-order valence-corrected chi connectivity index (χ2v) is 3.85. The van der Waals surface area contributed by atoms with Gasteiger partial charge < -0.3 is 9.84 Å². The molecule has 10 heavy (non-hydrogen) atoms. The molecule has 0 aromatic heterocycles. The maximum absolute atomic E-state index is 9.66. The van der Waals surface area contributed by atoms with Gasteiger partial charge in [-0.15, -0.1) is 0 Å².